The van der Waals surface area contributed by atoms with Crippen molar-refractivity contribution in [1.29, 1.82) is 0 Å². The number of fused-ring (bicyclic) bond motifs is 1. The Morgan fingerprint density at radius 1 is 1.24 bits per heavy atom. The van der Waals surface area contributed by atoms with Crippen LogP contribution in [0.1, 0.15) is 24.2 Å². The molecule has 130 valence electrons. The van der Waals surface area contributed by atoms with Gasteiger partial charge in [-0.1, -0.05) is 6.07 Å². The number of rotatable bonds is 4. The van der Waals surface area contributed by atoms with E-state index in [0.717, 1.165) is 54.2 Å². The van der Waals surface area contributed by atoms with Crippen molar-refractivity contribution >= 4 is 16.9 Å². The second kappa shape index (κ2) is 6.76. The van der Waals surface area contributed by atoms with E-state index >= 15 is 0 Å². The maximum absolute atomic E-state index is 6.10. The Kier molecular flexibility index (Phi) is 4.31. The highest BCUT2D eigenvalue weighted by atomic mass is 16.5. The van der Waals surface area contributed by atoms with Crippen molar-refractivity contribution in [3.8, 4) is 0 Å². The summed E-state index contributed by atoms with van der Waals surface area (Å²) >= 11 is 0. The van der Waals surface area contributed by atoms with Crippen LogP contribution in [-0.4, -0.2) is 43.9 Å². The van der Waals surface area contributed by atoms with Gasteiger partial charge in [0.15, 0.2) is 5.65 Å². The summed E-state index contributed by atoms with van der Waals surface area (Å²) in [5.41, 5.74) is 2.80. The molecule has 7 heteroatoms. The third-order valence-corrected chi connectivity index (χ3v) is 4.65. The zero-order valence-electron chi connectivity index (χ0n) is 14.6. The lowest BCUT2D eigenvalue weighted by molar-refractivity contribution is 0.0297. The SMILES string of the molecule is Cc1nn(C)c2ncnc(N3CCC[C@@H](OCc4ccccn4)C3)c12. The Morgan fingerprint density at radius 3 is 3.00 bits per heavy atom. The molecule has 0 unspecified atom stereocenters. The van der Waals surface area contributed by atoms with Crippen molar-refractivity contribution in [3.05, 3.63) is 42.1 Å². The Hall–Kier alpha value is -2.54. The zero-order chi connectivity index (χ0) is 17.2. The number of hydrogen-bond acceptors (Lipinski definition) is 6. The highest BCUT2D eigenvalue weighted by molar-refractivity contribution is 5.89. The number of pyridine rings is 1. The first-order valence-corrected chi connectivity index (χ1v) is 8.63. The molecule has 7 nitrogen and oxygen atoms in total. The van der Waals surface area contributed by atoms with Crippen LogP contribution < -0.4 is 4.90 Å². The van der Waals surface area contributed by atoms with E-state index in [-0.39, 0.29) is 6.10 Å². The smallest absolute Gasteiger partial charge is 0.163 e. The van der Waals surface area contributed by atoms with E-state index in [2.05, 4.69) is 25.0 Å². The maximum atomic E-state index is 6.10. The van der Waals surface area contributed by atoms with Crippen LogP contribution in [0.2, 0.25) is 0 Å². The molecular weight excluding hydrogens is 316 g/mol. The number of piperidine rings is 1. The summed E-state index contributed by atoms with van der Waals surface area (Å²) in [6.45, 7) is 4.36. The van der Waals surface area contributed by atoms with Gasteiger partial charge in [-0.3, -0.25) is 9.67 Å². The third-order valence-electron chi connectivity index (χ3n) is 4.65. The molecule has 0 radical (unpaired) electrons. The summed E-state index contributed by atoms with van der Waals surface area (Å²) in [7, 11) is 1.92. The largest absolute Gasteiger partial charge is 0.370 e. The fourth-order valence-corrected chi connectivity index (χ4v) is 3.45. The number of hydrogen-bond donors (Lipinski definition) is 0. The van der Waals surface area contributed by atoms with Gasteiger partial charge in [0.1, 0.15) is 12.1 Å². The summed E-state index contributed by atoms with van der Waals surface area (Å²) in [5, 5.41) is 5.53. The molecule has 4 heterocycles. The van der Waals surface area contributed by atoms with E-state index in [1.807, 2.05) is 36.9 Å². The molecule has 1 aliphatic heterocycles. The predicted octanol–water partition coefficient (Wildman–Crippen LogP) is 2.25. The van der Waals surface area contributed by atoms with Crippen molar-refractivity contribution in [2.45, 2.75) is 32.5 Å². The molecule has 1 aliphatic rings. The van der Waals surface area contributed by atoms with Crippen LogP contribution in [0.15, 0.2) is 30.7 Å². The molecule has 4 rings (SSSR count). The third kappa shape index (κ3) is 3.19. The first-order chi connectivity index (χ1) is 12.2. The van der Waals surface area contributed by atoms with E-state index in [1.54, 1.807) is 12.5 Å². The van der Waals surface area contributed by atoms with Crippen LogP contribution in [-0.2, 0) is 18.4 Å². The summed E-state index contributed by atoms with van der Waals surface area (Å²) in [4.78, 5) is 15.5. The van der Waals surface area contributed by atoms with Gasteiger partial charge >= 0.3 is 0 Å². The number of ether oxygens (including phenoxy) is 1. The van der Waals surface area contributed by atoms with Gasteiger partial charge in [-0.05, 0) is 31.9 Å². The van der Waals surface area contributed by atoms with Gasteiger partial charge in [0.05, 0.1) is 29.5 Å². The molecule has 25 heavy (non-hydrogen) atoms. The van der Waals surface area contributed by atoms with Crippen LogP contribution in [0.25, 0.3) is 11.0 Å². The summed E-state index contributed by atoms with van der Waals surface area (Å²) in [5.74, 6) is 0.960. The average molecular weight is 338 g/mol. The summed E-state index contributed by atoms with van der Waals surface area (Å²) in [6, 6.07) is 5.90. The molecule has 0 N–H and O–H groups in total. The Morgan fingerprint density at radius 2 is 2.16 bits per heavy atom. The van der Waals surface area contributed by atoms with Crippen LogP contribution in [0.4, 0.5) is 5.82 Å². The summed E-state index contributed by atoms with van der Waals surface area (Å²) < 4.78 is 7.91. The highest BCUT2D eigenvalue weighted by Gasteiger charge is 2.24. The van der Waals surface area contributed by atoms with E-state index in [1.165, 1.54) is 0 Å². The number of aromatic nitrogens is 5. The molecule has 0 aromatic carbocycles. The van der Waals surface area contributed by atoms with Crippen LogP contribution in [0, 0.1) is 6.92 Å². The first-order valence-electron chi connectivity index (χ1n) is 8.63. The van der Waals surface area contributed by atoms with E-state index in [4.69, 9.17) is 4.74 Å². The molecule has 1 fully saturated rings. The van der Waals surface area contributed by atoms with E-state index in [9.17, 15) is 0 Å². The van der Waals surface area contributed by atoms with Gasteiger partial charge in [-0.25, -0.2) is 9.97 Å². The number of anilines is 1. The molecular formula is C18H22N6O. The second-order valence-electron chi connectivity index (χ2n) is 6.45. The number of aryl methyl sites for hydroxylation is 2. The molecule has 3 aromatic rings. The van der Waals surface area contributed by atoms with Crippen molar-refractivity contribution in [3.63, 3.8) is 0 Å². The summed E-state index contributed by atoms with van der Waals surface area (Å²) in [6.07, 6.45) is 5.74. The molecule has 0 spiro atoms. The van der Waals surface area contributed by atoms with Crippen molar-refractivity contribution in [2.75, 3.05) is 18.0 Å². The Bertz CT molecular complexity index is 863. The average Bonchev–Trinajstić information content (AvgIpc) is 2.95. The van der Waals surface area contributed by atoms with Gasteiger partial charge in [0.2, 0.25) is 0 Å². The normalized spacial score (nSPS) is 18.0. The lowest BCUT2D eigenvalue weighted by Crippen LogP contribution is -2.40. The Balaban J connectivity index is 1.52. The molecule has 0 saturated carbocycles. The lowest BCUT2D eigenvalue weighted by atomic mass is 10.1. The van der Waals surface area contributed by atoms with E-state index in [0.29, 0.717) is 6.61 Å². The fourth-order valence-electron chi connectivity index (χ4n) is 3.45. The van der Waals surface area contributed by atoms with E-state index < -0.39 is 0 Å². The highest BCUT2D eigenvalue weighted by Crippen LogP contribution is 2.28. The molecule has 1 saturated heterocycles. The van der Waals surface area contributed by atoms with Crippen LogP contribution in [0.5, 0.6) is 0 Å². The Labute approximate surface area is 146 Å². The van der Waals surface area contributed by atoms with Crippen LogP contribution in [0.3, 0.4) is 0 Å². The van der Waals surface area contributed by atoms with Gasteiger partial charge in [0.25, 0.3) is 0 Å². The van der Waals surface area contributed by atoms with Crippen molar-refractivity contribution < 1.29 is 4.74 Å². The quantitative estimate of drug-likeness (QED) is 0.727. The minimum atomic E-state index is 0.178. The first kappa shape index (κ1) is 16.0. The molecule has 0 bridgehead atoms. The lowest BCUT2D eigenvalue weighted by Gasteiger charge is -2.33. The van der Waals surface area contributed by atoms with Crippen molar-refractivity contribution in [1.82, 2.24) is 24.7 Å². The topological polar surface area (TPSA) is 69.0 Å². The molecule has 0 amide bonds. The molecule has 1 atom stereocenters. The standard InChI is InChI=1S/C18H22N6O/c1-13-16-17(23(2)22-13)20-12-21-18(16)24-9-5-7-15(10-24)25-11-14-6-3-4-8-19-14/h3-4,6,8,12,15H,5,7,9-11H2,1-2H3/t15-/m1/s1. The molecule has 0 aliphatic carbocycles. The van der Waals surface area contributed by atoms with Gasteiger partial charge in [-0.2, -0.15) is 5.10 Å². The van der Waals surface area contributed by atoms with Gasteiger partial charge in [-0.15, -0.1) is 0 Å². The number of nitrogens with zero attached hydrogens (tertiary/aromatic N) is 6. The van der Waals surface area contributed by atoms with Crippen LogP contribution >= 0.6 is 0 Å². The maximum Gasteiger partial charge on any atom is 0.163 e. The predicted molar refractivity (Wildman–Crippen MR) is 95.3 cm³/mol. The monoisotopic (exact) mass is 338 g/mol. The minimum absolute atomic E-state index is 0.178. The molecule has 3 aromatic heterocycles. The zero-order valence-corrected chi connectivity index (χ0v) is 14.6. The second-order valence-corrected chi connectivity index (χ2v) is 6.45. The fraction of sp³-hybridized carbons (Fsp3) is 0.444. The van der Waals surface area contributed by atoms with Gasteiger partial charge in [0, 0.05) is 26.3 Å². The van der Waals surface area contributed by atoms with Crippen molar-refractivity contribution in [2.24, 2.45) is 7.05 Å². The minimum Gasteiger partial charge on any atom is -0.370 e. The van der Waals surface area contributed by atoms with Gasteiger partial charge < -0.3 is 9.64 Å².